The van der Waals surface area contributed by atoms with Gasteiger partial charge in [-0.05, 0) is 35.0 Å². The average Bonchev–Trinajstić information content (AvgIpc) is 2.40. The summed E-state index contributed by atoms with van der Waals surface area (Å²) in [5.74, 6) is -0.277. The van der Waals surface area contributed by atoms with E-state index in [9.17, 15) is 14.5 Å². The Hall–Kier alpha value is -1.95. The van der Waals surface area contributed by atoms with Crippen molar-refractivity contribution < 1.29 is 9.31 Å². The van der Waals surface area contributed by atoms with Crippen LogP contribution >= 0.6 is 15.9 Å². The van der Waals surface area contributed by atoms with Crippen molar-refractivity contribution in [2.24, 2.45) is 0 Å². The minimum atomic E-state index is -0.464. The molecule has 4 nitrogen and oxygen atoms in total. The van der Waals surface area contributed by atoms with Crippen LogP contribution in [0.1, 0.15) is 11.1 Å². The zero-order valence-electron chi connectivity index (χ0n) is 10.7. The lowest BCUT2D eigenvalue weighted by Crippen LogP contribution is -2.03. The maximum atomic E-state index is 13.6. The molecule has 2 aromatic carbocycles. The largest absolute Gasteiger partial charge is 0.380 e. The normalized spacial score (nSPS) is 10.3. The van der Waals surface area contributed by atoms with Crippen LogP contribution in [0.25, 0.3) is 0 Å². The van der Waals surface area contributed by atoms with Gasteiger partial charge in [0.25, 0.3) is 5.69 Å². The number of hydrogen-bond donors (Lipinski definition) is 1. The first-order valence-corrected chi connectivity index (χ1v) is 6.69. The average molecular weight is 339 g/mol. The quantitative estimate of drug-likeness (QED) is 0.663. The van der Waals surface area contributed by atoms with Crippen molar-refractivity contribution in [1.29, 1.82) is 0 Å². The van der Waals surface area contributed by atoms with Crippen LogP contribution in [0.2, 0.25) is 0 Å². The van der Waals surface area contributed by atoms with Gasteiger partial charge in [0.05, 0.1) is 4.92 Å². The molecule has 0 spiro atoms. The second kappa shape index (κ2) is 6.00. The molecule has 0 aliphatic rings. The summed E-state index contributed by atoms with van der Waals surface area (Å²) >= 11 is 3.26. The van der Waals surface area contributed by atoms with Crippen LogP contribution in [0.5, 0.6) is 0 Å². The molecule has 0 aliphatic carbocycles. The lowest BCUT2D eigenvalue weighted by molar-refractivity contribution is -0.384. The second-order valence-electron chi connectivity index (χ2n) is 4.37. The summed E-state index contributed by atoms with van der Waals surface area (Å²) in [5.41, 5.74) is 2.21. The summed E-state index contributed by atoms with van der Waals surface area (Å²) in [4.78, 5) is 10.2. The summed E-state index contributed by atoms with van der Waals surface area (Å²) in [6.07, 6.45) is 0. The van der Waals surface area contributed by atoms with E-state index in [1.165, 1.54) is 18.2 Å². The fraction of sp³-hybridized carbons (Fsp3) is 0.143. The molecule has 0 fully saturated rings. The third-order valence-electron chi connectivity index (χ3n) is 2.83. The molecular weight excluding hydrogens is 327 g/mol. The van der Waals surface area contributed by atoms with E-state index in [0.717, 1.165) is 5.56 Å². The third kappa shape index (κ3) is 3.33. The molecule has 20 heavy (non-hydrogen) atoms. The number of nitrogens with zero attached hydrogens (tertiary/aromatic N) is 1. The van der Waals surface area contributed by atoms with Crippen LogP contribution in [0, 0.1) is 22.9 Å². The minimum absolute atomic E-state index is 0.00385. The SMILES string of the molecule is Cc1ccc(F)c(CNc2ccc([N+](=O)[O-])cc2Br)c1. The summed E-state index contributed by atoms with van der Waals surface area (Å²) < 4.78 is 14.2. The highest BCUT2D eigenvalue weighted by atomic mass is 79.9. The summed E-state index contributed by atoms with van der Waals surface area (Å²) in [6, 6.07) is 9.31. The molecule has 2 aromatic rings. The van der Waals surface area contributed by atoms with Crippen molar-refractivity contribution in [2.45, 2.75) is 13.5 Å². The van der Waals surface area contributed by atoms with E-state index in [-0.39, 0.29) is 11.5 Å². The number of nitro benzene ring substituents is 1. The Bertz CT molecular complexity index is 662. The highest BCUT2D eigenvalue weighted by Gasteiger charge is 2.09. The second-order valence-corrected chi connectivity index (χ2v) is 5.22. The molecule has 1 N–H and O–H groups in total. The molecule has 0 saturated heterocycles. The standard InChI is InChI=1S/C14H12BrFN2O2/c1-9-2-4-13(16)10(6-9)8-17-14-5-3-11(18(19)20)7-12(14)15/h2-7,17H,8H2,1H3. The Morgan fingerprint density at radius 2 is 2.05 bits per heavy atom. The monoisotopic (exact) mass is 338 g/mol. The number of halogens is 2. The lowest BCUT2D eigenvalue weighted by atomic mass is 10.1. The predicted octanol–water partition coefficient (Wildman–Crippen LogP) is 4.42. The van der Waals surface area contributed by atoms with Crippen molar-refractivity contribution in [3.63, 3.8) is 0 Å². The Morgan fingerprint density at radius 1 is 1.30 bits per heavy atom. The Kier molecular flexibility index (Phi) is 4.34. The van der Waals surface area contributed by atoms with Crippen molar-refractivity contribution in [3.05, 3.63) is 67.9 Å². The smallest absolute Gasteiger partial charge is 0.270 e. The van der Waals surface area contributed by atoms with E-state index in [0.29, 0.717) is 22.3 Å². The van der Waals surface area contributed by atoms with Gasteiger partial charge in [-0.2, -0.15) is 0 Å². The van der Waals surface area contributed by atoms with Crippen LogP contribution in [0.3, 0.4) is 0 Å². The first kappa shape index (κ1) is 14.5. The number of non-ortho nitro benzene ring substituents is 1. The van der Waals surface area contributed by atoms with Crippen molar-refractivity contribution in [3.8, 4) is 0 Å². The van der Waals surface area contributed by atoms with Gasteiger partial charge in [0.1, 0.15) is 5.82 Å². The number of nitro groups is 1. The highest BCUT2D eigenvalue weighted by Crippen LogP contribution is 2.27. The van der Waals surface area contributed by atoms with Gasteiger partial charge in [0, 0.05) is 34.4 Å². The van der Waals surface area contributed by atoms with Crippen molar-refractivity contribution in [2.75, 3.05) is 5.32 Å². The summed E-state index contributed by atoms with van der Waals surface area (Å²) in [5, 5.41) is 13.7. The first-order valence-electron chi connectivity index (χ1n) is 5.90. The van der Waals surface area contributed by atoms with Crippen LogP contribution in [-0.2, 0) is 6.54 Å². The molecule has 0 bridgehead atoms. The lowest BCUT2D eigenvalue weighted by Gasteiger charge is -2.10. The number of aryl methyl sites for hydroxylation is 1. The summed E-state index contributed by atoms with van der Waals surface area (Å²) in [6.45, 7) is 2.20. The van der Waals surface area contributed by atoms with Crippen LogP contribution in [0.4, 0.5) is 15.8 Å². The maximum absolute atomic E-state index is 13.6. The minimum Gasteiger partial charge on any atom is -0.380 e. The van der Waals surface area contributed by atoms with Crippen LogP contribution in [0.15, 0.2) is 40.9 Å². The van der Waals surface area contributed by atoms with E-state index in [1.54, 1.807) is 18.2 Å². The molecule has 104 valence electrons. The number of rotatable bonds is 4. The molecule has 0 radical (unpaired) electrons. The van der Waals surface area contributed by atoms with Gasteiger partial charge >= 0.3 is 0 Å². The molecule has 6 heteroatoms. The van der Waals surface area contributed by atoms with Gasteiger partial charge in [-0.3, -0.25) is 10.1 Å². The topological polar surface area (TPSA) is 55.2 Å². The maximum Gasteiger partial charge on any atom is 0.270 e. The van der Waals surface area contributed by atoms with Gasteiger partial charge in [0.15, 0.2) is 0 Å². The Labute approximate surface area is 123 Å². The molecule has 0 unspecified atom stereocenters. The van der Waals surface area contributed by atoms with E-state index < -0.39 is 4.92 Å². The zero-order valence-corrected chi connectivity index (χ0v) is 12.3. The highest BCUT2D eigenvalue weighted by molar-refractivity contribution is 9.10. The number of nitrogens with one attached hydrogen (secondary N) is 1. The van der Waals surface area contributed by atoms with Crippen molar-refractivity contribution >= 4 is 27.3 Å². The molecule has 0 aliphatic heterocycles. The molecule has 0 atom stereocenters. The molecular formula is C14H12BrFN2O2. The third-order valence-corrected chi connectivity index (χ3v) is 3.49. The molecule has 2 rings (SSSR count). The zero-order chi connectivity index (χ0) is 14.7. The fourth-order valence-electron chi connectivity index (χ4n) is 1.79. The van der Waals surface area contributed by atoms with Gasteiger partial charge in [-0.15, -0.1) is 0 Å². The van der Waals surface area contributed by atoms with Crippen LogP contribution in [-0.4, -0.2) is 4.92 Å². The Morgan fingerprint density at radius 3 is 2.70 bits per heavy atom. The number of anilines is 1. The number of hydrogen-bond acceptors (Lipinski definition) is 3. The van der Waals surface area contributed by atoms with Crippen LogP contribution < -0.4 is 5.32 Å². The molecule has 0 aromatic heterocycles. The molecule has 0 saturated carbocycles. The summed E-state index contributed by atoms with van der Waals surface area (Å²) in [7, 11) is 0. The van der Waals surface area contributed by atoms with Gasteiger partial charge < -0.3 is 5.32 Å². The Balaban J connectivity index is 2.15. The van der Waals surface area contributed by atoms with E-state index in [2.05, 4.69) is 21.2 Å². The number of benzene rings is 2. The predicted molar refractivity (Wildman–Crippen MR) is 79.3 cm³/mol. The fourth-order valence-corrected chi connectivity index (χ4v) is 2.30. The molecule has 0 heterocycles. The van der Waals surface area contributed by atoms with E-state index in [1.807, 2.05) is 6.92 Å². The van der Waals surface area contributed by atoms with Gasteiger partial charge in [-0.25, -0.2) is 4.39 Å². The van der Waals surface area contributed by atoms with Gasteiger partial charge in [0.2, 0.25) is 0 Å². The molecule has 0 amide bonds. The van der Waals surface area contributed by atoms with Gasteiger partial charge in [-0.1, -0.05) is 17.7 Å². The van der Waals surface area contributed by atoms with E-state index in [4.69, 9.17) is 0 Å². The van der Waals surface area contributed by atoms with E-state index >= 15 is 0 Å². The van der Waals surface area contributed by atoms with Crippen molar-refractivity contribution in [1.82, 2.24) is 0 Å². The first-order chi connectivity index (χ1) is 9.47.